The highest BCUT2D eigenvalue weighted by Crippen LogP contribution is 2.10. The van der Waals surface area contributed by atoms with E-state index in [4.69, 9.17) is 11.5 Å². The van der Waals surface area contributed by atoms with Gasteiger partial charge in [-0.1, -0.05) is 26.7 Å². The molecule has 1 amide bonds. The van der Waals surface area contributed by atoms with Crippen LogP contribution in [0.3, 0.4) is 0 Å². The molecular weight excluding hydrogens is 128 g/mol. The van der Waals surface area contributed by atoms with E-state index in [2.05, 4.69) is 0 Å². The molecule has 1 unspecified atom stereocenters. The molecule has 0 aliphatic carbocycles. The van der Waals surface area contributed by atoms with Crippen molar-refractivity contribution in [3.05, 3.63) is 0 Å². The third-order valence-electron chi connectivity index (χ3n) is 1.89. The first-order valence-corrected chi connectivity index (χ1v) is 3.68. The third-order valence-corrected chi connectivity index (χ3v) is 1.89. The molecule has 0 aliphatic rings. The van der Waals surface area contributed by atoms with Gasteiger partial charge in [0.25, 0.3) is 0 Å². The normalized spacial score (nSPS) is 13.6. The molecule has 0 rings (SSSR count). The topological polar surface area (TPSA) is 69.1 Å². The molecule has 0 bridgehead atoms. The van der Waals surface area contributed by atoms with Crippen LogP contribution in [0.4, 0.5) is 0 Å². The maximum atomic E-state index is 10.6. The van der Waals surface area contributed by atoms with Gasteiger partial charge in [0.05, 0.1) is 6.04 Å². The maximum absolute atomic E-state index is 10.6. The maximum Gasteiger partial charge on any atom is 0.234 e. The summed E-state index contributed by atoms with van der Waals surface area (Å²) >= 11 is 0. The van der Waals surface area contributed by atoms with Crippen LogP contribution in [0.1, 0.15) is 26.7 Å². The van der Waals surface area contributed by atoms with Gasteiger partial charge < -0.3 is 11.5 Å². The highest BCUT2D eigenvalue weighted by molar-refractivity contribution is 5.79. The van der Waals surface area contributed by atoms with E-state index in [1.54, 1.807) is 0 Å². The van der Waals surface area contributed by atoms with E-state index in [-0.39, 0.29) is 5.92 Å². The van der Waals surface area contributed by atoms with E-state index in [1.165, 1.54) is 0 Å². The third kappa shape index (κ3) is 2.35. The number of hydrogen-bond acceptors (Lipinski definition) is 2. The van der Waals surface area contributed by atoms with E-state index in [1.807, 2.05) is 13.8 Å². The first-order chi connectivity index (χ1) is 4.63. The van der Waals surface area contributed by atoms with Gasteiger partial charge >= 0.3 is 0 Å². The molecular formula is C7H16N2O. The van der Waals surface area contributed by atoms with E-state index in [0.717, 1.165) is 12.8 Å². The fraction of sp³-hybridized carbons (Fsp3) is 0.857. The monoisotopic (exact) mass is 144 g/mol. The van der Waals surface area contributed by atoms with Crippen molar-refractivity contribution in [2.24, 2.45) is 17.4 Å². The van der Waals surface area contributed by atoms with E-state index >= 15 is 0 Å². The van der Waals surface area contributed by atoms with Crippen LogP contribution < -0.4 is 11.5 Å². The van der Waals surface area contributed by atoms with Crippen molar-refractivity contribution in [2.45, 2.75) is 32.7 Å². The lowest BCUT2D eigenvalue weighted by Crippen LogP contribution is -2.42. The lowest BCUT2D eigenvalue weighted by molar-refractivity contribution is -0.120. The average molecular weight is 144 g/mol. The van der Waals surface area contributed by atoms with Crippen LogP contribution in [-0.4, -0.2) is 11.9 Å². The molecule has 0 fully saturated rings. The van der Waals surface area contributed by atoms with Gasteiger partial charge in [-0.15, -0.1) is 0 Å². The summed E-state index contributed by atoms with van der Waals surface area (Å²) in [5.74, 6) is -0.147. The predicted molar refractivity (Wildman–Crippen MR) is 41.2 cm³/mol. The van der Waals surface area contributed by atoms with Crippen LogP contribution in [-0.2, 0) is 4.79 Å². The second-order valence-electron chi connectivity index (χ2n) is 2.50. The van der Waals surface area contributed by atoms with Crippen molar-refractivity contribution >= 4 is 5.91 Å². The van der Waals surface area contributed by atoms with Crippen LogP contribution in [0.15, 0.2) is 0 Å². The Balaban J connectivity index is 3.88. The fourth-order valence-electron chi connectivity index (χ4n) is 1.03. The van der Waals surface area contributed by atoms with Gasteiger partial charge in [0.15, 0.2) is 0 Å². The second-order valence-corrected chi connectivity index (χ2v) is 2.50. The molecule has 0 saturated heterocycles. The number of nitrogens with two attached hydrogens (primary N) is 2. The van der Waals surface area contributed by atoms with Crippen molar-refractivity contribution < 1.29 is 4.79 Å². The minimum atomic E-state index is -0.463. The van der Waals surface area contributed by atoms with Crippen molar-refractivity contribution in [3.8, 4) is 0 Å². The molecule has 0 radical (unpaired) electrons. The Bertz CT molecular complexity index is 110. The van der Waals surface area contributed by atoms with Crippen molar-refractivity contribution in [1.29, 1.82) is 0 Å². The van der Waals surface area contributed by atoms with Gasteiger partial charge in [-0.2, -0.15) is 0 Å². The zero-order valence-corrected chi connectivity index (χ0v) is 6.63. The van der Waals surface area contributed by atoms with Gasteiger partial charge in [0, 0.05) is 0 Å². The van der Waals surface area contributed by atoms with Crippen molar-refractivity contribution in [2.75, 3.05) is 0 Å². The first-order valence-electron chi connectivity index (χ1n) is 3.68. The Morgan fingerprint density at radius 2 is 1.80 bits per heavy atom. The zero-order chi connectivity index (χ0) is 8.15. The Kier molecular flexibility index (Phi) is 4.03. The number of hydrogen-bond donors (Lipinski definition) is 2. The van der Waals surface area contributed by atoms with Gasteiger partial charge in [0.2, 0.25) is 5.91 Å². The summed E-state index contributed by atoms with van der Waals surface area (Å²) in [6.45, 7) is 4.02. The zero-order valence-electron chi connectivity index (χ0n) is 6.63. The molecule has 0 aromatic rings. The number of carbonyl (C=O) groups excluding carboxylic acids is 1. The molecule has 4 N–H and O–H groups in total. The Morgan fingerprint density at radius 1 is 1.40 bits per heavy atom. The number of primary amides is 1. The summed E-state index contributed by atoms with van der Waals surface area (Å²) in [6, 6.07) is -0.463. The molecule has 3 nitrogen and oxygen atoms in total. The minimum absolute atomic E-state index is 0.248. The van der Waals surface area contributed by atoms with Crippen molar-refractivity contribution in [3.63, 3.8) is 0 Å². The quantitative estimate of drug-likeness (QED) is 0.593. The number of carbonyl (C=O) groups is 1. The van der Waals surface area contributed by atoms with Gasteiger partial charge in [-0.05, 0) is 5.92 Å². The molecule has 60 valence electrons. The SMILES string of the molecule is CCC(CC)C(N)C(N)=O. The summed E-state index contributed by atoms with van der Waals surface area (Å²) < 4.78 is 0. The predicted octanol–water partition coefficient (Wildman–Crippen LogP) is 0.235. The molecule has 0 saturated carbocycles. The van der Waals surface area contributed by atoms with Gasteiger partial charge in [0.1, 0.15) is 0 Å². The minimum Gasteiger partial charge on any atom is -0.368 e. The number of amides is 1. The molecule has 0 heterocycles. The highest BCUT2D eigenvalue weighted by Gasteiger charge is 2.18. The lowest BCUT2D eigenvalue weighted by atomic mass is 9.95. The Hall–Kier alpha value is -0.570. The molecule has 0 spiro atoms. The molecule has 0 aromatic carbocycles. The standard InChI is InChI=1S/C7H16N2O/c1-3-5(4-2)6(8)7(9)10/h5-6H,3-4,8H2,1-2H3,(H2,9,10). The smallest absolute Gasteiger partial charge is 0.234 e. The molecule has 0 aliphatic heterocycles. The average Bonchev–Trinajstić information content (AvgIpc) is 1.90. The summed E-state index contributed by atoms with van der Waals surface area (Å²) in [6.07, 6.45) is 1.83. The van der Waals surface area contributed by atoms with Crippen LogP contribution in [0.25, 0.3) is 0 Å². The summed E-state index contributed by atoms with van der Waals surface area (Å²) in [5.41, 5.74) is 10.5. The highest BCUT2D eigenvalue weighted by atomic mass is 16.1. The van der Waals surface area contributed by atoms with E-state index in [9.17, 15) is 4.79 Å². The van der Waals surface area contributed by atoms with Crippen LogP contribution in [0, 0.1) is 5.92 Å². The van der Waals surface area contributed by atoms with Gasteiger partial charge in [-0.25, -0.2) is 0 Å². The second kappa shape index (κ2) is 4.28. The first kappa shape index (κ1) is 9.43. The van der Waals surface area contributed by atoms with Crippen LogP contribution >= 0.6 is 0 Å². The molecule has 3 heteroatoms. The van der Waals surface area contributed by atoms with Crippen molar-refractivity contribution in [1.82, 2.24) is 0 Å². The van der Waals surface area contributed by atoms with Crippen LogP contribution in [0.2, 0.25) is 0 Å². The largest absolute Gasteiger partial charge is 0.368 e. The lowest BCUT2D eigenvalue weighted by Gasteiger charge is -2.16. The Labute approximate surface area is 61.8 Å². The summed E-state index contributed by atoms with van der Waals surface area (Å²) in [7, 11) is 0. The summed E-state index contributed by atoms with van der Waals surface area (Å²) in [5, 5.41) is 0. The summed E-state index contributed by atoms with van der Waals surface area (Å²) in [4.78, 5) is 10.6. The molecule has 0 aromatic heterocycles. The number of rotatable bonds is 4. The molecule has 1 atom stereocenters. The molecule has 10 heavy (non-hydrogen) atoms. The fourth-order valence-corrected chi connectivity index (χ4v) is 1.03. The van der Waals surface area contributed by atoms with Gasteiger partial charge in [-0.3, -0.25) is 4.79 Å². The van der Waals surface area contributed by atoms with E-state index < -0.39 is 11.9 Å². The van der Waals surface area contributed by atoms with Crippen LogP contribution in [0.5, 0.6) is 0 Å². The van der Waals surface area contributed by atoms with E-state index in [0.29, 0.717) is 0 Å². The Morgan fingerprint density at radius 3 is 1.90 bits per heavy atom.